The second-order valence-electron chi connectivity index (χ2n) is 4.54. The van der Waals surface area contributed by atoms with Gasteiger partial charge in [0.1, 0.15) is 0 Å². The smallest absolute Gasteiger partial charge is 0.0422 e. The van der Waals surface area contributed by atoms with E-state index in [1.165, 1.54) is 0 Å². The lowest BCUT2D eigenvalue weighted by Gasteiger charge is -2.19. The van der Waals surface area contributed by atoms with Crippen molar-refractivity contribution in [1.82, 2.24) is 15.3 Å². The molecule has 0 saturated carbocycles. The summed E-state index contributed by atoms with van der Waals surface area (Å²) in [7, 11) is 0. The van der Waals surface area contributed by atoms with Crippen molar-refractivity contribution in [3.63, 3.8) is 0 Å². The number of nitrogens with one attached hydrogen (secondary N) is 1. The largest absolute Gasteiger partial charge is 0.398 e. The van der Waals surface area contributed by atoms with Crippen molar-refractivity contribution in [2.24, 2.45) is 0 Å². The number of hydrogen-bond acceptors (Lipinski definition) is 4. The van der Waals surface area contributed by atoms with Crippen molar-refractivity contribution in [2.75, 3.05) is 12.3 Å². The van der Waals surface area contributed by atoms with Crippen LogP contribution in [-0.4, -0.2) is 16.5 Å². The van der Waals surface area contributed by atoms with Crippen LogP contribution < -0.4 is 11.1 Å². The van der Waals surface area contributed by atoms with Crippen molar-refractivity contribution in [1.29, 1.82) is 0 Å². The van der Waals surface area contributed by atoms with Crippen molar-refractivity contribution in [2.45, 2.75) is 25.8 Å². The van der Waals surface area contributed by atoms with Gasteiger partial charge in [-0.05, 0) is 31.2 Å². The summed E-state index contributed by atoms with van der Waals surface area (Å²) in [6.45, 7) is 3.10. The summed E-state index contributed by atoms with van der Waals surface area (Å²) in [4.78, 5) is 8.56. The van der Waals surface area contributed by atoms with Crippen LogP contribution >= 0.6 is 0 Å². The van der Waals surface area contributed by atoms with E-state index in [9.17, 15) is 0 Å². The van der Waals surface area contributed by atoms with Crippen LogP contribution in [0, 0.1) is 0 Å². The topological polar surface area (TPSA) is 63.8 Å². The fourth-order valence-electron chi connectivity index (χ4n) is 2.05. The third-order valence-electron chi connectivity index (χ3n) is 3.04. The molecule has 1 unspecified atom stereocenters. The summed E-state index contributed by atoms with van der Waals surface area (Å²) in [5.74, 6) is 0. The summed E-state index contributed by atoms with van der Waals surface area (Å²) >= 11 is 0. The van der Waals surface area contributed by atoms with Crippen molar-refractivity contribution in [3.05, 3.63) is 54.1 Å². The van der Waals surface area contributed by atoms with Gasteiger partial charge in [0, 0.05) is 48.0 Å². The van der Waals surface area contributed by atoms with Crippen LogP contribution in [0.5, 0.6) is 0 Å². The molecule has 0 aliphatic rings. The van der Waals surface area contributed by atoms with E-state index < -0.39 is 0 Å². The number of hydrogen-bond donors (Lipinski definition) is 2. The minimum absolute atomic E-state index is 0.156. The highest BCUT2D eigenvalue weighted by atomic mass is 14.9. The molecule has 0 amide bonds. The first kappa shape index (κ1) is 13.5. The van der Waals surface area contributed by atoms with Crippen LogP contribution in [0.1, 0.15) is 30.6 Å². The molecule has 0 aromatic carbocycles. The quantitative estimate of drug-likeness (QED) is 0.832. The highest BCUT2D eigenvalue weighted by Gasteiger charge is 2.14. The highest BCUT2D eigenvalue weighted by molar-refractivity contribution is 5.46. The normalized spacial score (nSPS) is 12.3. The van der Waals surface area contributed by atoms with E-state index in [0.717, 1.165) is 36.3 Å². The lowest BCUT2D eigenvalue weighted by Crippen LogP contribution is -2.25. The highest BCUT2D eigenvalue weighted by Crippen LogP contribution is 2.22. The predicted molar refractivity (Wildman–Crippen MR) is 77.6 cm³/mol. The fourth-order valence-corrected chi connectivity index (χ4v) is 2.05. The van der Waals surface area contributed by atoms with Gasteiger partial charge in [0.2, 0.25) is 0 Å². The first-order chi connectivity index (χ1) is 9.31. The van der Waals surface area contributed by atoms with Crippen molar-refractivity contribution < 1.29 is 0 Å². The number of anilines is 1. The van der Waals surface area contributed by atoms with E-state index in [4.69, 9.17) is 5.73 Å². The molecule has 0 fully saturated rings. The molecular formula is C15H20N4. The minimum Gasteiger partial charge on any atom is -0.398 e. The van der Waals surface area contributed by atoms with E-state index in [2.05, 4.69) is 22.2 Å². The summed E-state index contributed by atoms with van der Waals surface area (Å²) in [6, 6.07) is 7.97. The molecule has 0 aliphatic heterocycles. The molecule has 0 saturated heterocycles. The number of rotatable bonds is 6. The Labute approximate surface area is 114 Å². The van der Waals surface area contributed by atoms with E-state index in [-0.39, 0.29) is 6.04 Å². The van der Waals surface area contributed by atoms with Gasteiger partial charge < -0.3 is 11.1 Å². The van der Waals surface area contributed by atoms with Gasteiger partial charge in [0.25, 0.3) is 0 Å². The van der Waals surface area contributed by atoms with Crippen LogP contribution in [-0.2, 0) is 6.42 Å². The Morgan fingerprint density at radius 3 is 2.84 bits per heavy atom. The maximum Gasteiger partial charge on any atom is 0.0422 e. The van der Waals surface area contributed by atoms with Gasteiger partial charge in [-0.15, -0.1) is 0 Å². The first-order valence-electron chi connectivity index (χ1n) is 6.64. The number of nitrogens with zero attached hydrogens (tertiary/aromatic N) is 2. The van der Waals surface area contributed by atoms with E-state index >= 15 is 0 Å². The van der Waals surface area contributed by atoms with Crippen molar-refractivity contribution >= 4 is 5.69 Å². The Kier molecular flexibility index (Phi) is 4.86. The predicted octanol–water partition coefficient (Wildman–Crippen LogP) is 2.34. The summed E-state index contributed by atoms with van der Waals surface area (Å²) in [5.41, 5.74) is 8.92. The van der Waals surface area contributed by atoms with Crippen LogP contribution in [0.15, 0.2) is 42.9 Å². The molecule has 19 heavy (non-hydrogen) atoms. The second-order valence-corrected chi connectivity index (χ2v) is 4.54. The van der Waals surface area contributed by atoms with Gasteiger partial charge in [-0.3, -0.25) is 9.97 Å². The zero-order valence-electron chi connectivity index (χ0n) is 11.2. The van der Waals surface area contributed by atoms with Gasteiger partial charge in [0.05, 0.1) is 0 Å². The van der Waals surface area contributed by atoms with E-state index in [1.54, 1.807) is 6.20 Å². The number of nitrogen functional groups attached to an aromatic ring is 1. The molecule has 0 spiro atoms. The third kappa shape index (κ3) is 3.76. The molecule has 2 heterocycles. The Morgan fingerprint density at radius 1 is 1.26 bits per heavy atom. The number of aromatic nitrogens is 2. The van der Waals surface area contributed by atoms with Crippen molar-refractivity contribution in [3.8, 4) is 0 Å². The van der Waals surface area contributed by atoms with Crippen LogP contribution in [0.25, 0.3) is 0 Å². The molecule has 4 heteroatoms. The van der Waals surface area contributed by atoms with E-state index in [0.29, 0.717) is 0 Å². The molecule has 0 bridgehead atoms. The van der Waals surface area contributed by atoms with E-state index in [1.807, 2.05) is 36.7 Å². The Hall–Kier alpha value is -1.94. The Bertz CT molecular complexity index is 499. The Morgan fingerprint density at radius 2 is 2.16 bits per heavy atom. The van der Waals surface area contributed by atoms with Crippen LogP contribution in [0.4, 0.5) is 5.69 Å². The average molecular weight is 256 g/mol. The van der Waals surface area contributed by atoms with Gasteiger partial charge in [-0.1, -0.05) is 13.0 Å². The van der Waals surface area contributed by atoms with Gasteiger partial charge in [-0.2, -0.15) is 0 Å². The van der Waals surface area contributed by atoms with Gasteiger partial charge >= 0.3 is 0 Å². The lowest BCUT2D eigenvalue weighted by atomic mass is 10.0. The fraction of sp³-hybridized carbons (Fsp3) is 0.333. The third-order valence-corrected chi connectivity index (χ3v) is 3.04. The average Bonchev–Trinajstić information content (AvgIpc) is 2.45. The molecule has 3 N–H and O–H groups in total. The zero-order chi connectivity index (χ0) is 13.5. The summed E-state index contributed by atoms with van der Waals surface area (Å²) in [6.07, 6.45) is 7.27. The maximum absolute atomic E-state index is 6.05. The minimum atomic E-state index is 0.156. The molecule has 2 aromatic heterocycles. The molecule has 4 nitrogen and oxygen atoms in total. The monoisotopic (exact) mass is 256 g/mol. The molecule has 0 aliphatic carbocycles. The van der Waals surface area contributed by atoms with Crippen LogP contribution in [0.3, 0.4) is 0 Å². The zero-order valence-corrected chi connectivity index (χ0v) is 11.2. The maximum atomic E-state index is 6.05. The second kappa shape index (κ2) is 6.85. The Balaban J connectivity index is 2.19. The number of nitrogens with two attached hydrogens (primary N) is 1. The molecule has 1 atom stereocenters. The van der Waals surface area contributed by atoms with Gasteiger partial charge in [-0.25, -0.2) is 0 Å². The molecule has 2 aromatic rings. The molecule has 2 rings (SSSR count). The summed E-state index contributed by atoms with van der Waals surface area (Å²) in [5, 5.41) is 3.52. The standard InChI is InChI=1S/C15H20N4/c1-2-7-19-15(10-12-5-3-4-8-18-12)13-11-17-9-6-14(13)16/h3-6,8-9,11,15,19H,2,7,10H2,1H3,(H2,16,17). The first-order valence-corrected chi connectivity index (χ1v) is 6.64. The van der Waals surface area contributed by atoms with Crippen LogP contribution in [0.2, 0.25) is 0 Å². The SMILES string of the molecule is CCCNC(Cc1ccccn1)c1cnccc1N. The molecule has 100 valence electrons. The summed E-state index contributed by atoms with van der Waals surface area (Å²) < 4.78 is 0. The lowest BCUT2D eigenvalue weighted by molar-refractivity contribution is 0.524. The molecule has 0 radical (unpaired) electrons. The number of pyridine rings is 2. The molecular weight excluding hydrogens is 236 g/mol. The van der Waals surface area contributed by atoms with Gasteiger partial charge in [0.15, 0.2) is 0 Å².